The first-order valence-electron chi connectivity index (χ1n) is 23.1. The molecule has 0 spiro atoms. The van der Waals surface area contributed by atoms with Gasteiger partial charge in [-0.05, 0) is 63.9 Å². The summed E-state index contributed by atoms with van der Waals surface area (Å²) in [5.41, 5.74) is 5.33. The minimum atomic E-state index is -1.37. The highest BCUT2D eigenvalue weighted by atomic mass is 32.2. The van der Waals surface area contributed by atoms with Crippen LogP contribution in [-0.2, 0) is 62.1 Å². The van der Waals surface area contributed by atoms with E-state index in [4.69, 9.17) is 24.7 Å². The molecule has 374 valence electrons. The van der Waals surface area contributed by atoms with Crippen molar-refractivity contribution in [1.29, 1.82) is 0 Å². The van der Waals surface area contributed by atoms with E-state index in [9.17, 15) is 48.3 Å². The minimum absolute atomic E-state index is 0.0518. The van der Waals surface area contributed by atoms with Crippen LogP contribution in [0.25, 0.3) is 0 Å². The predicted molar refractivity (Wildman–Crippen MR) is 246 cm³/mol. The number of unbranched alkanes of at least 4 members (excludes halogenated alkanes) is 1. The number of nitrogens with one attached hydrogen (secondary N) is 4. The molecule has 3 aliphatic rings. The highest BCUT2D eigenvalue weighted by Gasteiger charge is 2.43. The van der Waals surface area contributed by atoms with Crippen molar-refractivity contribution in [2.24, 2.45) is 17.6 Å². The molecule has 22 heteroatoms. The maximum atomic E-state index is 13.5. The van der Waals surface area contributed by atoms with E-state index in [1.165, 1.54) is 23.6 Å². The summed E-state index contributed by atoms with van der Waals surface area (Å²) in [6.45, 7) is 1.94. The van der Waals surface area contributed by atoms with Gasteiger partial charge in [0.25, 0.3) is 0 Å². The van der Waals surface area contributed by atoms with E-state index < -0.39 is 60.1 Å². The third-order valence-electron chi connectivity index (χ3n) is 11.7. The smallest absolute Gasteiger partial charge is 0.248 e. The van der Waals surface area contributed by atoms with Crippen molar-refractivity contribution in [2.75, 3.05) is 90.3 Å². The molecule has 6 amide bonds. The summed E-state index contributed by atoms with van der Waals surface area (Å²) in [6.07, 6.45) is 7.63. The number of likely N-dealkylation sites (tertiary alicyclic amines) is 1. The molecule has 0 aromatic rings. The topological polar surface area (TPSA) is 288 Å². The number of hydrogen-bond donors (Lipinski definition) is 6. The Morgan fingerprint density at radius 1 is 0.879 bits per heavy atom. The van der Waals surface area contributed by atoms with Crippen LogP contribution in [0.3, 0.4) is 0 Å². The maximum absolute atomic E-state index is 13.5. The number of carbonyl (C=O) groups excluding carboxylic acids is 9. The molecule has 3 aliphatic heterocycles. The number of ether oxygens (including phenoxy) is 4. The zero-order chi connectivity index (χ0) is 48.3. The fourth-order valence-corrected chi connectivity index (χ4v) is 10.2. The first kappa shape index (κ1) is 56.7. The van der Waals surface area contributed by atoms with Gasteiger partial charge in [0, 0.05) is 80.7 Å². The molecular formula is C44H72N6O14S2. The van der Waals surface area contributed by atoms with Gasteiger partial charge >= 0.3 is 0 Å². The summed E-state index contributed by atoms with van der Waals surface area (Å²) in [5, 5.41) is 21.3. The molecule has 0 aromatic carbocycles. The van der Waals surface area contributed by atoms with Gasteiger partial charge in [-0.2, -0.15) is 23.5 Å². The van der Waals surface area contributed by atoms with E-state index in [-0.39, 0.29) is 95.3 Å². The van der Waals surface area contributed by atoms with Crippen molar-refractivity contribution in [3.05, 3.63) is 0 Å². The SMILES string of the molecule is CSCC[C@H](NC(=O)COCCOCCNC(=O)COCCOCCCC(=O)CCCC[C@@H]1SC[C@@H]2NC(=O)C[C@@H]21)C(=O)C[C@@H](CCC(N)=O)C(=O)N[C@@H](CO)C(=O)N1CCC[C@H]1C(C)=O. The van der Waals surface area contributed by atoms with Gasteiger partial charge in [-0.1, -0.05) is 6.42 Å². The lowest BCUT2D eigenvalue weighted by molar-refractivity contribution is -0.142. The van der Waals surface area contributed by atoms with Crippen LogP contribution < -0.4 is 27.0 Å². The third-order valence-corrected chi connectivity index (χ3v) is 13.9. The molecule has 0 saturated carbocycles. The van der Waals surface area contributed by atoms with Crippen molar-refractivity contribution >= 4 is 76.3 Å². The van der Waals surface area contributed by atoms with Crippen molar-refractivity contribution in [3.63, 3.8) is 0 Å². The number of Topliss-reactive ketones (excluding diaryl/α,β-unsaturated/α-hetero) is 3. The van der Waals surface area contributed by atoms with Crippen LogP contribution in [0.1, 0.15) is 90.4 Å². The Morgan fingerprint density at radius 3 is 2.27 bits per heavy atom. The van der Waals surface area contributed by atoms with Gasteiger partial charge in [-0.25, -0.2) is 0 Å². The quantitative estimate of drug-likeness (QED) is 0.0441. The molecular weight excluding hydrogens is 901 g/mol. The minimum Gasteiger partial charge on any atom is -0.394 e. The van der Waals surface area contributed by atoms with Crippen molar-refractivity contribution in [3.8, 4) is 0 Å². The average Bonchev–Trinajstić information content (AvgIpc) is 4.02. The molecule has 20 nitrogen and oxygen atoms in total. The molecule has 3 heterocycles. The molecule has 7 atom stereocenters. The second kappa shape index (κ2) is 32.1. The highest BCUT2D eigenvalue weighted by molar-refractivity contribution is 8.00. The van der Waals surface area contributed by atoms with E-state index in [2.05, 4.69) is 21.3 Å². The second-order valence-electron chi connectivity index (χ2n) is 16.8. The fraction of sp³-hybridized carbons (Fsp3) is 0.795. The zero-order valence-corrected chi connectivity index (χ0v) is 40.2. The first-order chi connectivity index (χ1) is 31.7. The first-order valence-corrected chi connectivity index (χ1v) is 25.5. The summed E-state index contributed by atoms with van der Waals surface area (Å²) in [7, 11) is 0. The number of aliphatic hydroxyl groups excluding tert-OH is 1. The van der Waals surface area contributed by atoms with Crippen LogP contribution in [0.15, 0.2) is 0 Å². The molecule has 0 unspecified atom stereocenters. The lowest BCUT2D eigenvalue weighted by Crippen LogP contribution is -2.54. The summed E-state index contributed by atoms with van der Waals surface area (Å²) >= 11 is 3.39. The number of fused-ring (bicyclic) bond motifs is 1. The zero-order valence-electron chi connectivity index (χ0n) is 38.5. The number of primary amides is 1. The standard InChI is InChI=1S/C44H72N6O14S2/c1-29(52)36-9-5-15-50(36)44(60)34(25-51)49-43(59)30(11-12-39(45)55)23-37(54)33(13-22-65-2)47-42(58)27-64-21-19-62-17-14-46-41(57)26-63-20-18-61-16-6-8-31(53)7-3-4-10-38-32-24-40(56)48-35(32)28-66-38/h30,32-36,38,51H,3-28H2,1-2H3,(H2,45,55)(H,46,57)(H,47,58)(H,48,56)(H,49,59)/t30-,32+,33+,34+,35+,36+,38+/m1/s1. The Morgan fingerprint density at radius 2 is 1.58 bits per heavy atom. The van der Waals surface area contributed by atoms with E-state index >= 15 is 0 Å². The van der Waals surface area contributed by atoms with Crippen LogP contribution in [0.2, 0.25) is 0 Å². The van der Waals surface area contributed by atoms with E-state index in [0.717, 1.165) is 25.0 Å². The summed E-state index contributed by atoms with van der Waals surface area (Å²) in [4.78, 5) is 114. The average molecular weight is 973 g/mol. The van der Waals surface area contributed by atoms with Crippen molar-refractivity contribution in [2.45, 2.75) is 120 Å². The number of rotatable bonds is 37. The number of nitrogens with two attached hydrogens (primary N) is 1. The molecule has 66 heavy (non-hydrogen) atoms. The van der Waals surface area contributed by atoms with Gasteiger partial charge < -0.3 is 56.0 Å². The Bertz CT molecular complexity index is 1610. The van der Waals surface area contributed by atoms with Crippen LogP contribution in [0.4, 0.5) is 0 Å². The highest BCUT2D eigenvalue weighted by Crippen LogP contribution is 2.40. The summed E-state index contributed by atoms with van der Waals surface area (Å²) in [5.74, 6) is -2.44. The van der Waals surface area contributed by atoms with Gasteiger partial charge in [0.1, 0.15) is 25.0 Å². The van der Waals surface area contributed by atoms with Crippen molar-refractivity contribution in [1.82, 2.24) is 26.2 Å². The lowest BCUT2D eigenvalue weighted by Gasteiger charge is -2.28. The molecule has 0 bridgehead atoms. The Kier molecular flexibility index (Phi) is 27.6. The normalized spacial score (nSPS) is 20.2. The van der Waals surface area contributed by atoms with Gasteiger partial charge in [0.05, 0.1) is 51.7 Å². The predicted octanol–water partition coefficient (Wildman–Crippen LogP) is -0.165. The molecule has 0 radical (unpaired) electrons. The van der Waals surface area contributed by atoms with Gasteiger partial charge in [-0.15, -0.1) is 0 Å². The maximum Gasteiger partial charge on any atom is 0.248 e. The molecule has 0 aliphatic carbocycles. The van der Waals surface area contributed by atoms with Crippen LogP contribution in [0, 0.1) is 11.8 Å². The summed E-state index contributed by atoms with van der Waals surface area (Å²) < 4.78 is 21.7. The van der Waals surface area contributed by atoms with Crippen molar-refractivity contribution < 1.29 is 67.2 Å². The largest absolute Gasteiger partial charge is 0.394 e. The molecule has 7 N–H and O–H groups in total. The monoisotopic (exact) mass is 972 g/mol. The fourth-order valence-electron chi connectivity index (χ4n) is 8.12. The van der Waals surface area contributed by atoms with Crippen LogP contribution in [-0.4, -0.2) is 183 Å². The number of amides is 6. The molecule has 3 saturated heterocycles. The van der Waals surface area contributed by atoms with Crippen LogP contribution >= 0.6 is 23.5 Å². The molecule has 3 fully saturated rings. The van der Waals surface area contributed by atoms with E-state index in [1.54, 1.807) is 0 Å². The summed E-state index contributed by atoms with van der Waals surface area (Å²) in [6, 6.07) is -2.67. The number of aliphatic hydroxyl groups is 1. The second-order valence-corrected chi connectivity index (χ2v) is 19.1. The van der Waals surface area contributed by atoms with Crippen LogP contribution in [0.5, 0.6) is 0 Å². The van der Waals surface area contributed by atoms with Gasteiger partial charge in [0.15, 0.2) is 11.6 Å². The Hall–Kier alpha value is -3.67. The van der Waals surface area contributed by atoms with Gasteiger partial charge in [-0.3, -0.25) is 43.2 Å². The van der Waals surface area contributed by atoms with Gasteiger partial charge in [0.2, 0.25) is 35.4 Å². The third kappa shape index (κ3) is 21.5. The molecule has 3 rings (SSSR count). The number of nitrogens with zero attached hydrogens (tertiary/aromatic N) is 1. The van der Waals surface area contributed by atoms with E-state index in [0.29, 0.717) is 81.2 Å². The Balaban J connectivity index is 1.21. The molecule has 0 aromatic heterocycles. The number of thioether (sulfide) groups is 2. The Labute approximate surface area is 396 Å². The number of hydrogen-bond acceptors (Lipinski definition) is 16. The lowest BCUT2D eigenvalue weighted by atomic mass is 9.92. The number of ketones is 3. The van der Waals surface area contributed by atoms with E-state index in [1.807, 2.05) is 18.0 Å². The number of carbonyl (C=O) groups is 9.